The number of carbonyl (C=O) groups is 1. The van der Waals surface area contributed by atoms with Gasteiger partial charge in [0, 0.05) is 50.2 Å². The normalized spacial score (nSPS) is 15.2. The van der Waals surface area contributed by atoms with Crippen LogP contribution in [0.1, 0.15) is 35.8 Å². The molecule has 1 saturated heterocycles. The first-order valence-corrected chi connectivity index (χ1v) is 13.3. The second-order valence-corrected chi connectivity index (χ2v) is 9.87. The number of likely N-dealkylation sites (N-methyl/N-ethyl adjacent to an activating group) is 1. The fourth-order valence-corrected chi connectivity index (χ4v) is 5.38. The Bertz CT molecular complexity index is 1140. The molecule has 2 heterocycles. The van der Waals surface area contributed by atoms with E-state index in [0.717, 1.165) is 71.9 Å². The van der Waals surface area contributed by atoms with Gasteiger partial charge >= 0.3 is 0 Å². The minimum atomic E-state index is 0.0573. The average molecular weight is 510 g/mol. The van der Waals surface area contributed by atoms with Crippen molar-refractivity contribution in [3.63, 3.8) is 0 Å². The molecule has 0 N–H and O–H groups in total. The summed E-state index contributed by atoms with van der Waals surface area (Å²) in [5.74, 6) is 2.39. The highest BCUT2D eigenvalue weighted by molar-refractivity contribution is 7.98. The molecule has 1 amide bonds. The molecule has 1 aliphatic rings. The molecule has 0 bridgehead atoms. The van der Waals surface area contributed by atoms with Crippen molar-refractivity contribution in [3.8, 4) is 17.1 Å². The Morgan fingerprint density at radius 1 is 1.06 bits per heavy atom. The number of amides is 1. The van der Waals surface area contributed by atoms with Gasteiger partial charge in [-0.25, -0.2) is 0 Å². The van der Waals surface area contributed by atoms with Crippen LogP contribution in [0, 0.1) is 0 Å². The quantitative estimate of drug-likeness (QED) is 0.379. The van der Waals surface area contributed by atoms with E-state index in [2.05, 4.69) is 33.5 Å². The second-order valence-electron chi connectivity index (χ2n) is 8.92. The SMILES string of the molecule is CCN1CCN(C(=O)c2ccc(CSc3nnc(-c4cccc(OC)c4)n3[C@H](C)COC)cc2)CC1. The van der Waals surface area contributed by atoms with Gasteiger partial charge in [-0.05, 0) is 43.3 Å². The summed E-state index contributed by atoms with van der Waals surface area (Å²) >= 11 is 1.63. The van der Waals surface area contributed by atoms with E-state index in [9.17, 15) is 4.79 Å². The van der Waals surface area contributed by atoms with Gasteiger partial charge in [-0.15, -0.1) is 10.2 Å². The number of thioether (sulfide) groups is 1. The minimum Gasteiger partial charge on any atom is -0.497 e. The van der Waals surface area contributed by atoms with Crippen molar-refractivity contribution in [1.29, 1.82) is 0 Å². The summed E-state index contributed by atoms with van der Waals surface area (Å²) in [6, 6.07) is 15.8. The van der Waals surface area contributed by atoms with E-state index >= 15 is 0 Å². The summed E-state index contributed by atoms with van der Waals surface area (Å²) in [6.07, 6.45) is 0. The van der Waals surface area contributed by atoms with E-state index in [-0.39, 0.29) is 11.9 Å². The molecular formula is C27H35N5O3S. The number of piperazine rings is 1. The first-order chi connectivity index (χ1) is 17.5. The summed E-state index contributed by atoms with van der Waals surface area (Å²) in [4.78, 5) is 17.2. The highest BCUT2D eigenvalue weighted by Crippen LogP contribution is 2.31. The number of hydrogen-bond donors (Lipinski definition) is 0. The standard InChI is InChI=1S/C27H35N5O3S/c1-5-30-13-15-31(16-14-30)26(33)22-11-9-21(10-12-22)19-36-27-29-28-25(32(27)20(2)18-34-3)23-7-6-8-24(17-23)35-4/h6-12,17,20H,5,13-16,18-19H2,1-4H3/t20-/m1/s1. The molecule has 3 aromatic rings. The van der Waals surface area contributed by atoms with Crippen molar-refractivity contribution < 1.29 is 14.3 Å². The Morgan fingerprint density at radius 3 is 2.47 bits per heavy atom. The first kappa shape index (κ1) is 26.2. The summed E-state index contributed by atoms with van der Waals surface area (Å²) in [5.41, 5.74) is 2.81. The van der Waals surface area contributed by atoms with Crippen LogP contribution in [0.15, 0.2) is 53.7 Å². The van der Waals surface area contributed by atoms with Crippen LogP contribution in [0.2, 0.25) is 0 Å². The number of hydrogen-bond acceptors (Lipinski definition) is 7. The van der Waals surface area contributed by atoms with Crippen molar-refractivity contribution in [2.24, 2.45) is 0 Å². The maximum Gasteiger partial charge on any atom is 0.253 e. The van der Waals surface area contributed by atoms with Gasteiger partial charge in [0.25, 0.3) is 5.91 Å². The van der Waals surface area contributed by atoms with E-state index in [1.54, 1.807) is 26.0 Å². The smallest absolute Gasteiger partial charge is 0.253 e. The highest BCUT2D eigenvalue weighted by Gasteiger charge is 2.22. The molecule has 0 radical (unpaired) electrons. The molecule has 2 aromatic carbocycles. The Morgan fingerprint density at radius 2 is 1.81 bits per heavy atom. The number of carbonyl (C=O) groups excluding carboxylic acids is 1. The first-order valence-electron chi connectivity index (χ1n) is 12.4. The molecular weight excluding hydrogens is 474 g/mol. The number of ether oxygens (including phenoxy) is 2. The van der Waals surface area contributed by atoms with Gasteiger partial charge in [-0.1, -0.05) is 43.0 Å². The van der Waals surface area contributed by atoms with Crippen molar-refractivity contribution in [2.75, 3.05) is 53.6 Å². The van der Waals surface area contributed by atoms with Crippen molar-refractivity contribution >= 4 is 17.7 Å². The molecule has 8 nitrogen and oxygen atoms in total. The van der Waals surface area contributed by atoms with Crippen LogP contribution in [0.5, 0.6) is 5.75 Å². The van der Waals surface area contributed by atoms with E-state index in [0.29, 0.717) is 6.61 Å². The molecule has 1 fully saturated rings. The summed E-state index contributed by atoms with van der Waals surface area (Å²) in [7, 11) is 3.36. The van der Waals surface area contributed by atoms with Gasteiger partial charge in [0.15, 0.2) is 11.0 Å². The van der Waals surface area contributed by atoms with Gasteiger partial charge in [0.05, 0.1) is 19.8 Å². The van der Waals surface area contributed by atoms with Crippen LogP contribution < -0.4 is 4.74 Å². The van der Waals surface area contributed by atoms with Crippen LogP contribution in [-0.4, -0.2) is 84.0 Å². The largest absolute Gasteiger partial charge is 0.497 e. The van der Waals surface area contributed by atoms with Crippen LogP contribution in [0.25, 0.3) is 11.4 Å². The third-order valence-corrected chi connectivity index (χ3v) is 7.53. The zero-order valence-corrected chi connectivity index (χ0v) is 22.3. The molecule has 1 aliphatic heterocycles. The molecule has 1 aromatic heterocycles. The molecule has 0 saturated carbocycles. The monoisotopic (exact) mass is 509 g/mol. The molecule has 36 heavy (non-hydrogen) atoms. The Balaban J connectivity index is 1.46. The Labute approximate surface area is 217 Å². The zero-order valence-electron chi connectivity index (χ0n) is 21.5. The number of nitrogens with zero attached hydrogens (tertiary/aromatic N) is 5. The molecule has 0 unspecified atom stereocenters. The summed E-state index contributed by atoms with van der Waals surface area (Å²) in [6.45, 7) is 9.30. The third kappa shape index (κ3) is 6.08. The predicted molar refractivity (Wildman–Crippen MR) is 143 cm³/mol. The van der Waals surface area contributed by atoms with E-state index in [1.807, 2.05) is 53.4 Å². The van der Waals surface area contributed by atoms with Gasteiger partial charge < -0.3 is 19.3 Å². The number of rotatable bonds is 10. The summed E-state index contributed by atoms with van der Waals surface area (Å²) in [5, 5.41) is 9.83. The lowest BCUT2D eigenvalue weighted by atomic mass is 10.1. The predicted octanol–water partition coefficient (Wildman–Crippen LogP) is 4.23. The average Bonchev–Trinajstić information content (AvgIpc) is 3.36. The molecule has 192 valence electrons. The number of aromatic nitrogens is 3. The molecule has 0 aliphatic carbocycles. The fourth-order valence-electron chi connectivity index (χ4n) is 4.39. The fraction of sp³-hybridized carbons (Fsp3) is 0.444. The Hall–Kier alpha value is -2.88. The van der Waals surface area contributed by atoms with Crippen LogP contribution >= 0.6 is 11.8 Å². The van der Waals surface area contributed by atoms with Crippen LogP contribution in [-0.2, 0) is 10.5 Å². The molecule has 4 rings (SSSR count). The number of benzene rings is 2. The zero-order chi connectivity index (χ0) is 25.5. The van der Waals surface area contributed by atoms with Crippen LogP contribution in [0.3, 0.4) is 0 Å². The lowest BCUT2D eigenvalue weighted by Gasteiger charge is -2.34. The van der Waals surface area contributed by atoms with E-state index in [1.165, 1.54) is 0 Å². The lowest BCUT2D eigenvalue weighted by molar-refractivity contribution is 0.0643. The Kier molecular flexibility index (Phi) is 9.01. The van der Waals surface area contributed by atoms with Crippen LogP contribution in [0.4, 0.5) is 0 Å². The van der Waals surface area contributed by atoms with Gasteiger partial charge in [0.1, 0.15) is 5.75 Å². The summed E-state index contributed by atoms with van der Waals surface area (Å²) < 4.78 is 12.9. The molecule has 0 spiro atoms. The van der Waals surface area contributed by atoms with Gasteiger partial charge in [-0.2, -0.15) is 0 Å². The second kappa shape index (κ2) is 12.4. The van der Waals surface area contributed by atoms with E-state index in [4.69, 9.17) is 9.47 Å². The van der Waals surface area contributed by atoms with Gasteiger partial charge in [0.2, 0.25) is 0 Å². The van der Waals surface area contributed by atoms with Crippen molar-refractivity contribution in [2.45, 2.75) is 30.8 Å². The maximum absolute atomic E-state index is 12.9. The van der Waals surface area contributed by atoms with E-state index < -0.39 is 0 Å². The topological polar surface area (TPSA) is 72.7 Å². The maximum atomic E-state index is 12.9. The minimum absolute atomic E-state index is 0.0573. The van der Waals surface area contributed by atoms with Crippen molar-refractivity contribution in [1.82, 2.24) is 24.6 Å². The molecule has 1 atom stereocenters. The third-order valence-electron chi connectivity index (χ3n) is 6.52. The highest BCUT2D eigenvalue weighted by atomic mass is 32.2. The number of methoxy groups -OCH3 is 2. The molecule has 9 heteroatoms. The lowest BCUT2D eigenvalue weighted by Crippen LogP contribution is -2.48. The van der Waals surface area contributed by atoms with Crippen molar-refractivity contribution in [3.05, 3.63) is 59.7 Å². The van der Waals surface area contributed by atoms with Gasteiger partial charge in [-0.3, -0.25) is 9.36 Å².